The Morgan fingerprint density at radius 3 is 2.85 bits per heavy atom. The number of hydrogen-bond donors (Lipinski definition) is 1. The largest absolute Gasteiger partial charge is 0.382 e. The number of aromatic nitrogens is 2. The summed E-state index contributed by atoms with van der Waals surface area (Å²) in [6.07, 6.45) is 2.46. The van der Waals surface area contributed by atoms with E-state index in [1.165, 1.54) is 6.33 Å². The number of nitrogens with zero attached hydrogens (tertiary/aromatic N) is 3. The van der Waals surface area contributed by atoms with Crippen molar-refractivity contribution in [3.05, 3.63) is 11.3 Å². The number of nitrogen functional groups attached to an aromatic ring is 1. The predicted octanol–water partition coefficient (Wildman–Crippen LogP) is 1.56. The molecule has 0 atom stereocenters. The Bertz CT molecular complexity index is 289. The molecular formula is C8H13ClN4. The summed E-state index contributed by atoms with van der Waals surface area (Å²) in [6, 6.07) is 0. The maximum absolute atomic E-state index is 5.93. The van der Waals surface area contributed by atoms with E-state index in [1.54, 1.807) is 0 Å². The minimum absolute atomic E-state index is 0.328. The SMILES string of the molecule is CCCN(C)c1ncnc(N)c1Cl. The van der Waals surface area contributed by atoms with Crippen LogP contribution in [-0.2, 0) is 0 Å². The Balaban J connectivity index is 2.93. The lowest BCUT2D eigenvalue weighted by Gasteiger charge is -2.18. The van der Waals surface area contributed by atoms with Crippen molar-refractivity contribution >= 4 is 23.2 Å². The first-order chi connectivity index (χ1) is 6.16. The highest BCUT2D eigenvalue weighted by Crippen LogP contribution is 2.25. The number of nitrogens with two attached hydrogens (primary N) is 1. The van der Waals surface area contributed by atoms with E-state index in [4.69, 9.17) is 17.3 Å². The highest BCUT2D eigenvalue weighted by Gasteiger charge is 2.09. The summed E-state index contributed by atoms with van der Waals surface area (Å²) in [6.45, 7) is 2.99. The fourth-order valence-electron chi connectivity index (χ4n) is 1.08. The maximum Gasteiger partial charge on any atom is 0.152 e. The van der Waals surface area contributed by atoms with Gasteiger partial charge < -0.3 is 10.6 Å². The molecule has 1 heterocycles. The zero-order valence-corrected chi connectivity index (χ0v) is 8.54. The second-order valence-electron chi connectivity index (χ2n) is 2.82. The lowest BCUT2D eigenvalue weighted by molar-refractivity contribution is 0.835. The van der Waals surface area contributed by atoms with Crippen LogP contribution in [0.2, 0.25) is 5.02 Å². The molecule has 1 aromatic rings. The predicted molar refractivity (Wildman–Crippen MR) is 55.0 cm³/mol. The summed E-state index contributed by atoms with van der Waals surface area (Å²) in [5.41, 5.74) is 5.54. The van der Waals surface area contributed by atoms with Gasteiger partial charge in [-0.2, -0.15) is 0 Å². The van der Waals surface area contributed by atoms with E-state index in [0.29, 0.717) is 16.7 Å². The van der Waals surface area contributed by atoms with Crippen molar-refractivity contribution in [3.63, 3.8) is 0 Å². The average molecular weight is 201 g/mol. The van der Waals surface area contributed by atoms with Gasteiger partial charge in [-0.3, -0.25) is 0 Å². The monoisotopic (exact) mass is 200 g/mol. The Kier molecular flexibility index (Phi) is 3.31. The number of halogens is 1. The van der Waals surface area contributed by atoms with Gasteiger partial charge in [0.1, 0.15) is 17.2 Å². The van der Waals surface area contributed by atoms with Crippen LogP contribution in [0.25, 0.3) is 0 Å². The van der Waals surface area contributed by atoms with Crippen LogP contribution in [-0.4, -0.2) is 23.6 Å². The van der Waals surface area contributed by atoms with Gasteiger partial charge in [-0.25, -0.2) is 9.97 Å². The summed E-state index contributed by atoms with van der Waals surface area (Å²) in [4.78, 5) is 9.81. The summed E-state index contributed by atoms with van der Waals surface area (Å²) < 4.78 is 0. The standard InChI is InChI=1S/C8H13ClN4/c1-3-4-13(2)8-6(9)7(10)11-5-12-8/h5H,3-4H2,1-2H3,(H2,10,11,12). The number of anilines is 2. The van der Waals surface area contributed by atoms with Crippen LogP contribution in [0.1, 0.15) is 13.3 Å². The normalized spacial score (nSPS) is 10.1. The summed E-state index contributed by atoms with van der Waals surface area (Å²) in [7, 11) is 1.93. The first-order valence-corrected chi connectivity index (χ1v) is 4.51. The molecule has 1 aromatic heterocycles. The molecule has 0 aliphatic carbocycles. The van der Waals surface area contributed by atoms with Gasteiger partial charge in [-0.15, -0.1) is 0 Å². The minimum atomic E-state index is 0.328. The van der Waals surface area contributed by atoms with E-state index < -0.39 is 0 Å². The van der Waals surface area contributed by atoms with Crippen molar-refractivity contribution in [2.24, 2.45) is 0 Å². The van der Waals surface area contributed by atoms with E-state index in [9.17, 15) is 0 Å². The Morgan fingerprint density at radius 1 is 1.54 bits per heavy atom. The van der Waals surface area contributed by atoms with E-state index in [-0.39, 0.29) is 0 Å². The molecule has 0 bridgehead atoms. The fourth-order valence-corrected chi connectivity index (χ4v) is 1.32. The van der Waals surface area contributed by atoms with Crippen LogP contribution in [0, 0.1) is 0 Å². The quantitative estimate of drug-likeness (QED) is 0.805. The molecular weight excluding hydrogens is 188 g/mol. The van der Waals surface area contributed by atoms with E-state index in [1.807, 2.05) is 11.9 Å². The number of hydrogen-bond acceptors (Lipinski definition) is 4. The van der Waals surface area contributed by atoms with Gasteiger partial charge in [0.2, 0.25) is 0 Å². The van der Waals surface area contributed by atoms with Crippen LogP contribution in [0.4, 0.5) is 11.6 Å². The molecule has 0 saturated heterocycles. The molecule has 2 N–H and O–H groups in total. The van der Waals surface area contributed by atoms with Gasteiger partial charge in [-0.05, 0) is 6.42 Å². The average Bonchev–Trinajstić information content (AvgIpc) is 2.10. The molecule has 13 heavy (non-hydrogen) atoms. The highest BCUT2D eigenvalue weighted by molar-refractivity contribution is 6.35. The highest BCUT2D eigenvalue weighted by atomic mass is 35.5. The van der Waals surface area contributed by atoms with Crippen LogP contribution in [0.3, 0.4) is 0 Å². The van der Waals surface area contributed by atoms with Gasteiger partial charge in [0.15, 0.2) is 5.82 Å². The molecule has 72 valence electrons. The second-order valence-corrected chi connectivity index (χ2v) is 3.20. The van der Waals surface area contributed by atoms with Gasteiger partial charge in [0.05, 0.1) is 0 Å². The molecule has 0 saturated carbocycles. The van der Waals surface area contributed by atoms with Crippen LogP contribution in [0.5, 0.6) is 0 Å². The van der Waals surface area contributed by atoms with Gasteiger partial charge in [-0.1, -0.05) is 18.5 Å². The molecule has 0 unspecified atom stereocenters. The van der Waals surface area contributed by atoms with E-state index in [0.717, 1.165) is 13.0 Å². The first-order valence-electron chi connectivity index (χ1n) is 4.14. The Labute approximate surface area is 82.7 Å². The third-order valence-corrected chi connectivity index (χ3v) is 2.08. The molecule has 0 aromatic carbocycles. The van der Waals surface area contributed by atoms with Crippen LogP contribution >= 0.6 is 11.6 Å². The second kappa shape index (κ2) is 4.28. The van der Waals surface area contributed by atoms with Crippen molar-refractivity contribution in [1.29, 1.82) is 0 Å². The Hall–Kier alpha value is -1.03. The zero-order chi connectivity index (χ0) is 9.84. The lowest BCUT2D eigenvalue weighted by Crippen LogP contribution is -2.20. The molecule has 1 rings (SSSR count). The van der Waals surface area contributed by atoms with E-state index >= 15 is 0 Å². The Morgan fingerprint density at radius 2 is 2.23 bits per heavy atom. The molecule has 0 radical (unpaired) electrons. The molecule has 0 aliphatic heterocycles. The molecule has 0 spiro atoms. The van der Waals surface area contributed by atoms with Crippen molar-refractivity contribution < 1.29 is 0 Å². The van der Waals surface area contributed by atoms with Gasteiger partial charge >= 0.3 is 0 Å². The van der Waals surface area contributed by atoms with Crippen molar-refractivity contribution in [3.8, 4) is 0 Å². The van der Waals surface area contributed by atoms with Crippen molar-refractivity contribution in [2.45, 2.75) is 13.3 Å². The third kappa shape index (κ3) is 2.21. The third-order valence-electron chi connectivity index (χ3n) is 1.72. The van der Waals surface area contributed by atoms with Crippen molar-refractivity contribution in [1.82, 2.24) is 9.97 Å². The van der Waals surface area contributed by atoms with Crippen LogP contribution < -0.4 is 10.6 Å². The zero-order valence-electron chi connectivity index (χ0n) is 7.79. The van der Waals surface area contributed by atoms with Gasteiger partial charge in [0, 0.05) is 13.6 Å². The topological polar surface area (TPSA) is 55.0 Å². The van der Waals surface area contributed by atoms with E-state index in [2.05, 4.69) is 16.9 Å². The molecule has 5 heteroatoms. The maximum atomic E-state index is 5.93. The van der Waals surface area contributed by atoms with Gasteiger partial charge in [0.25, 0.3) is 0 Å². The van der Waals surface area contributed by atoms with Crippen molar-refractivity contribution in [2.75, 3.05) is 24.2 Å². The lowest BCUT2D eigenvalue weighted by atomic mass is 10.4. The smallest absolute Gasteiger partial charge is 0.152 e. The molecule has 4 nitrogen and oxygen atoms in total. The summed E-state index contributed by atoms with van der Waals surface area (Å²) >= 11 is 5.93. The fraction of sp³-hybridized carbons (Fsp3) is 0.500. The molecule has 0 amide bonds. The summed E-state index contributed by atoms with van der Waals surface area (Å²) in [5, 5.41) is 0.429. The number of rotatable bonds is 3. The first kappa shape index (κ1) is 10.1. The molecule has 0 aliphatic rings. The van der Waals surface area contributed by atoms with Crippen LogP contribution in [0.15, 0.2) is 6.33 Å². The minimum Gasteiger partial charge on any atom is -0.382 e. The summed E-state index contributed by atoms with van der Waals surface area (Å²) in [5.74, 6) is 1.02. The molecule has 0 fully saturated rings.